The standard InChI is InChI=1S/C19H16N4O5S/c1-11-9-13(23(26)27)6-7-14(11)22-16(24)10-28-19(25)17-12(2)21-18(29-17)15-5-3-4-8-20-15/h3-9H,10H2,1-2H3,(H,22,24). The van der Waals surface area contributed by atoms with Gasteiger partial charge in [-0.15, -0.1) is 11.3 Å². The molecule has 1 amide bonds. The molecule has 0 bridgehead atoms. The molecule has 2 aromatic heterocycles. The number of hydrogen-bond donors (Lipinski definition) is 1. The Bertz CT molecular complexity index is 1080. The highest BCUT2D eigenvalue weighted by atomic mass is 32.1. The summed E-state index contributed by atoms with van der Waals surface area (Å²) < 4.78 is 5.08. The third kappa shape index (κ3) is 4.79. The van der Waals surface area contributed by atoms with E-state index < -0.39 is 23.4 Å². The number of amides is 1. The number of thiazole rings is 1. The van der Waals surface area contributed by atoms with Gasteiger partial charge in [0.25, 0.3) is 11.6 Å². The van der Waals surface area contributed by atoms with Gasteiger partial charge >= 0.3 is 5.97 Å². The van der Waals surface area contributed by atoms with Crippen LogP contribution in [0.1, 0.15) is 20.9 Å². The molecule has 0 saturated heterocycles. The third-order valence-corrected chi connectivity index (χ3v) is 5.06. The largest absolute Gasteiger partial charge is 0.451 e. The van der Waals surface area contributed by atoms with Gasteiger partial charge in [0.15, 0.2) is 6.61 Å². The number of nitrogens with zero attached hydrogens (tertiary/aromatic N) is 3. The number of rotatable bonds is 6. The van der Waals surface area contributed by atoms with Crippen LogP contribution < -0.4 is 5.32 Å². The molecule has 1 N–H and O–H groups in total. The number of aryl methyl sites for hydroxylation is 2. The Balaban J connectivity index is 1.62. The van der Waals surface area contributed by atoms with Gasteiger partial charge in [0.05, 0.1) is 16.3 Å². The van der Waals surface area contributed by atoms with Crippen LogP contribution in [-0.4, -0.2) is 33.4 Å². The predicted octanol–water partition coefficient (Wildman–Crippen LogP) is 3.53. The molecule has 0 saturated carbocycles. The Labute approximate surface area is 169 Å². The van der Waals surface area contributed by atoms with E-state index in [2.05, 4.69) is 15.3 Å². The minimum atomic E-state index is -0.655. The van der Waals surface area contributed by atoms with Gasteiger partial charge in [-0.3, -0.25) is 19.9 Å². The molecule has 0 aliphatic carbocycles. The van der Waals surface area contributed by atoms with Gasteiger partial charge in [0.1, 0.15) is 9.88 Å². The normalized spacial score (nSPS) is 10.4. The van der Waals surface area contributed by atoms with Crippen molar-refractivity contribution in [3.8, 4) is 10.7 Å². The van der Waals surface area contributed by atoms with E-state index in [4.69, 9.17) is 4.74 Å². The van der Waals surface area contributed by atoms with E-state index >= 15 is 0 Å². The molecule has 9 nitrogen and oxygen atoms in total. The van der Waals surface area contributed by atoms with Crippen LogP contribution in [0.3, 0.4) is 0 Å². The summed E-state index contributed by atoms with van der Waals surface area (Å²) >= 11 is 1.14. The van der Waals surface area contributed by atoms with Crippen LogP contribution >= 0.6 is 11.3 Å². The van der Waals surface area contributed by atoms with E-state index in [9.17, 15) is 19.7 Å². The van der Waals surface area contributed by atoms with Crippen LogP contribution in [0, 0.1) is 24.0 Å². The fourth-order valence-corrected chi connectivity index (χ4v) is 3.41. The van der Waals surface area contributed by atoms with Crippen LogP contribution in [0.15, 0.2) is 42.6 Å². The molecule has 29 heavy (non-hydrogen) atoms. The Hall–Kier alpha value is -3.66. The molecule has 0 fully saturated rings. The van der Waals surface area contributed by atoms with E-state index in [0.717, 1.165) is 11.3 Å². The number of anilines is 1. The maximum atomic E-state index is 12.3. The van der Waals surface area contributed by atoms with Gasteiger partial charge in [-0.2, -0.15) is 0 Å². The highest BCUT2D eigenvalue weighted by molar-refractivity contribution is 7.17. The minimum absolute atomic E-state index is 0.0729. The molecular formula is C19H16N4O5S. The molecule has 0 unspecified atom stereocenters. The number of nitro groups is 1. The number of hydrogen-bond acceptors (Lipinski definition) is 8. The minimum Gasteiger partial charge on any atom is -0.451 e. The quantitative estimate of drug-likeness (QED) is 0.373. The van der Waals surface area contributed by atoms with Gasteiger partial charge in [0.2, 0.25) is 0 Å². The summed E-state index contributed by atoms with van der Waals surface area (Å²) in [5.41, 5.74) is 2.00. The zero-order chi connectivity index (χ0) is 21.0. The fraction of sp³-hybridized carbons (Fsp3) is 0.158. The lowest BCUT2D eigenvalue weighted by molar-refractivity contribution is -0.384. The SMILES string of the molecule is Cc1cc([N+](=O)[O-])ccc1NC(=O)COC(=O)c1sc(-c2ccccn2)nc1C. The highest BCUT2D eigenvalue weighted by Gasteiger charge is 2.19. The van der Waals surface area contributed by atoms with Crippen molar-refractivity contribution in [2.75, 3.05) is 11.9 Å². The molecule has 0 aliphatic rings. The van der Waals surface area contributed by atoms with Crippen LogP contribution in [0.25, 0.3) is 10.7 Å². The number of non-ortho nitro benzene ring substituents is 1. The molecule has 3 rings (SSSR count). The second-order valence-corrected chi connectivity index (χ2v) is 7.03. The molecule has 0 aliphatic heterocycles. The molecule has 3 aromatic rings. The maximum Gasteiger partial charge on any atom is 0.350 e. The molecule has 1 aromatic carbocycles. The Morgan fingerprint density at radius 3 is 2.69 bits per heavy atom. The van der Waals surface area contributed by atoms with Crippen LogP contribution in [0.5, 0.6) is 0 Å². The molecular weight excluding hydrogens is 396 g/mol. The topological polar surface area (TPSA) is 124 Å². The van der Waals surface area contributed by atoms with Crippen LogP contribution in [0.2, 0.25) is 0 Å². The van der Waals surface area contributed by atoms with Gasteiger partial charge in [-0.05, 0) is 37.6 Å². The lowest BCUT2D eigenvalue weighted by Gasteiger charge is -2.08. The summed E-state index contributed by atoms with van der Waals surface area (Å²) in [5.74, 6) is -1.21. The zero-order valence-electron chi connectivity index (χ0n) is 15.5. The number of nitrogens with one attached hydrogen (secondary N) is 1. The smallest absolute Gasteiger partial charge is 0.350 e. The predicted molar refractivity (Wildman–Crippen MR) is 107 cm³/mol. The molecule has 10 heteroatoms. The van der Waals surface area contributed by atoms with E-state index in [1.807, 2.05) is 6.07 Å². The highest BCUT2D eigenvalue weighted by Crippen LogP contribution is 2.27. The van der Waals surface area contributed by atoms with Crippen molar-refractivity contribution in [3.05, 3.63) is 68.8 Å². The number of aromatic nitrogens is 2. The first kappa shape index (κ1) is 20.1. The summed E-state index contributed by atoms with van der Waals surface area (Å²) in [4.78, 5) is 43.5. The summed E-state index contributed by atoms with van der Waals surface area (Å²) in [6.07, 6.45) is 1.63. The summed E-state index contributed by atoms with van der Waals surface area (Å²) in [7, 11) is 0. The number of nitro benzene ring substituents is 1. The number of ether oxygens (including phenoxy) is 1. The molecule has 148 valence electrons. The number of esters is 1. The first-order valence-corrected chi connectivity index (χ1v) is 9.27. The summed E-state index contributed by atoms with van der Waals surface area (Å²) in [6, 6.07) is 9.45. The monoisotopic (exact) mass is 412 g/mol. The number of carbonyl (C=O) groups excluding carboxylic acids is 2. The molecule has 2 heterocycles. The van der Waals surface area contributed by atoms with Gasteiger partial charge < -0.3 is 10.1 Å². The van der Waals surface area contributed by atoms with Crippen LogP contribution in [-0.2, 0) is 9.53 Å². The third-order valence-electron chi connectivity index (χ3n) is 3.90. The average molecular weight is 412 g/mol. The lowest BCUT2D eigenvalue weighted by Crippen LogP contribution is -2.21. The van der Waals surface area contributed by atoms with Gasteiger partial charge in [-0.25, -0.2) is 9.78 Å². The number of benzene rings is 1. The van der Waals surface area contributed by atoms with Crippen molar-refractivity contribution in [2.24, 2.45) is 0 Å². The molecule has 0 atom stereocenters. The zero-order valence-corrected chi connectivity index (χ0v) is 16.4. The Morgan fingerprint density at radius 2 is 2.03 bits per heavy atom. The van der Waals surface area contributed by atoms with Crippen molar-refractivity contribution in [2.45, 2.75) is 13.8 Å². The van der Waals surface area contributed by atoms with Crippen molar-refractivity contribution in [3.63, 3.8) is 0 Å². The van der Waals surface area contributed by atoms with Gasteiger partial charge in [0, 0.05) is 24.0 Å². The average Bonchev–Trinajstić information content (AvgIpc) is 3.10. The number of carbonyl (C=O) groups is 2. The maximum absolute atomic E-state index is 12.3. The summed E-state index contributed by atoms with van der Waals surface area (Å²) in [5, 5.41) is 13.9. The van der Waals surface area contributed by atoms with Crippen molar-refractivity contribution in [1.82, 2.24) is 9.97 Å². The fourth-order valence-electron chi connectivity index (χ4n) is 2.47. The van der Waals surface area contributed by atoms with Crippen molar-refractivity contribution in [1.29, 1.82) is 0 Å². The van der Waals surface area contributed by atoms with E-state index in [-0.39, 0.29) is 5.69 Å². The molecule has 0 spiro atoms. The van der Waals surface area contributed by atoms with Gasteiger partial charge in [-0.1, -0.05) is 6.07 Å². The second-order valence-electron chi connectivity index (χ2n) is 6.03. The Morgan fingerprint density at radius 1 is 1.24 bits per heavy atom. The first-order valence-electron chi connectivity index (χ1n) is 8.46. The summed E-state index contributed by atoms with van der Waals surface area (Å²) in [6.45, 7) is 2.82. The van der Waals surface area contributed by atoms with Crippen molar-refractivity contribution < 1.29 is 19.2 Å². The van der Waals surface area contributed by atoms with Crippen molar-refractivity contribution >= 4 is 34.6 Å². The van der Waals surface area contributed by atoms with E-state index in [1.54, 1.807) is 32.2 Å². The Kier molecular flexibility index (Phi) is 5.93. The lowest BCUT2D eigenvalue weighted by atomic mass is 10.2. The number of pyridine rings is 1. The molecule has 0 radical (unpaired) electrons. The van der Waals surface area contributed by atoms with Crippen LogP contribution in [0.4, 0.5) is 11.4 Å². The first-order chi connectivity index (χ1) is 13.8. The second kappa shape index (κ2) is 8.57. The van der Waals surface area contributed by atoms with E-state index in [1.165, 1.54) is 18.2 Å². The van der Waals surface area contributed by atoms with E-state index in [0.29, 0.717) is 32.5 Å².